The van der Waals surface area contributed by atoms with Crippen molar-refractivity contribution in [1.29, 1.82) is 0 Å². The Kier molecular flexibility index (Phi) is 4.14. The fourth-order valence-corrected chi connectivity index (χ4v) is 2.95. The van der Waals surface area contributed by atoms with Crippen LogP contribution in [0.4, 0.5) is 0 Å². The third kappa shape index (κ3) is 2.59. The molecule has 3 rings (SSSR count). The summed E-state index contributed by atoms with van der Waals surface area (Å²) in [4.78, 5) is 15.8. The summed E-state index contributed by atoms with van der Waals surface area (Å²) in [5, 5.41) is 12.8. The first-order valence-electron chi connectivity index (χ1n) is 7.22. The van der Waals surface area contributed by atoms with Gasteiger partial charge < -0.3 is 5.11 Å². The van der Waals surface area contributed by atoms with Gasteiger partial charge in [0.2, 0.25) is 0 Å². The van der Waals surface area contributed by atoms with Crippen molar-refractivity contribution < 1.29 is 14.6 Å². The van der Waals surface area contributed by atoms with Gasteiger partial charge in [-0.15, -0.1) is 4.68 Å². The molecule has 1 aliphatic carbocycles. The van der Waals surface area contributed by atoms with Gasteiger partial charge in [0.15, 0.2) is 6.54 Å². The second kappa shape index (κ2) is 6.22. The molecule has 0 fully saturated rings. The van der Waals surface area contributed by atoms with E-state index in [1.54, 1.807) is 10.9 Å². The van der Waals surface area contributed by atoms with E-state index in [0.29, 0.717) is 25.2 Å². The van der Waals surface area contributed by atoms with Crippen molar-refractivity contribution in [2.45, 2.75) is 25.8 Å². The highest BCUT2D eigenvalue weighted by atomic mass is 16.4. The summed E-state index contributed by atoms with van der Waals surface area (Å²) in [5.41, 5.74) is 9.45. The first kappa shape index (κ1) is 14.6. The van der Waals surface area contributed by atoms with Crippen LogP contribution in [-0.4, -0.2) is 27.7 Å². The molecule has 6 N–H and O–H groups in total. The quantitative estimate of drug-likeness (QED) is 0.213. The number of fused-ring (bicyclic) bond motifs is 3. The Morgan fingerprint density at radius 2 is 2.36 bits per heavy atom. The number of pyridine rings is 1. The number of carboxylic acids is 1. The van der Waals surface area contributed by atoms with Gasteiger partial charge in [-0.05, 0) is 24.5 Å². The summed E-state index contributed by atoms with van der Waals surface area (Å²) in [7, 11) is 0. The molecule has 0 unspecified atom stereocenters. The molecule has 0 bridgehead atoms. The van der Waals surface area contributed by atoms with E-state index in [1.165, 1.54) is 0 Å². The highest BCUT2D eigenvalue weighted by Gasteiger charge is 2.33. The number of hydrogen-bond acceptors (Lipinski definition) is 5. The molecule has 0 aliphatic heterocycles. The fourth-order valence-electron chi connectivity index (χ4n) is 2.95. The first-order chi connectivity index (χ1) is 10.7. The number of carboxylic acid groups (broad SMARTS) is 1. The number of aromatic nitrogens is 3. The van der Waals surface area contributed by atoms with E-state index in [2.05, 4.69) is 21.0 Å². The van der Waals surface area contributed by atoms with Crippen LogP contribution in [0.2, 0.25) is 0 Å². The van der Waals surface area contributed by atoms with E-state index in [9.17, 15) is 9.90 Å². The van der Waals surface area contributed by atoms with E-state index in [0.717, 1.165) is 35.2 Å². The fraction of sp³-hybridized carbons (Fsp3) is 0.357. The molecule has 0 saturated heterocycles. The van der Waals surface area contributed by atoms with Crippen LogP contribution in [0.25, 0.3) is 11.3 Å². The van der Waals surface area contributed by atoms with E-state index in [4.69, 9.17) is 5.84 Å². The maximum atomic E-state index is 11.7. The van der Waals surface area contributed by atoms with Crippen molar-refractivity contribution in [3.8, 4) is 11.3 Å². The molecule has 8 nitrogen and oxygen atoms in total. The number of hydrazine groups is 2. The normalized spacial score (nSPS) is 12.8. The van der Waals surface area contributed by atoms with Crippen molar-refractivity contribution in [2.75, 3.05) is 6.54 Å². The standard InChI is InChI=1S/C14H18N6O2/c15-19-17-5-1-7-20-13(14(21)22)11-3-2-9-8-16-6-4-10(9)12(11)18-20/h4,6,8H,1-3,5,7H2,(H5,15,16,17,18,19,21,22)/p+1. The lowest BCUT2D eigenvalue weighted by atomic mass is 9.90. The minimum Gasteiger partial charge on any atom is -0.473 e. The van der Waals surface area contributed by atoms with Gasteiger partial charge in [-0.1, -0.05) is 0 Å². The number of rotatable bonds is 6. The largest absolute Gasteiger partial charge is 0.473 e. The molecule has 0 atom stereocenters. The molecular formula is C14H19N6O2+. The van der Waals surface area contributed by atoms with Crippen LogP contribution < -0.4 is 21.5 Å². The van der Waals surface area contributed by atoms with Gasteiger partial charge >= 0.3 is 11.7 Å². The molecule has 2 aromatic heterocycles. The zero-order valence-electron chi connectivity index (χ0n) is 12.1. The van der Waals surface area contributed by atoms with Crippen LogP contribution in [0.1, 0.15) is 28.0 Å². The van der Waals surface area contributed by atoms with Gasteiger partial charge in [-0.3, -0.25) is 10.8 Å². The highest BCUT2D eigenvalue weighted by molar-refractivity contribution is 5.88. The smallest absolute Gasteiger partial charge is 0.404 e. The van der Waals surface area contributed by atoms with Crippen LogP contribution >= 0.6 is 0 Å². The topological polar surface area (TPSA) is 120 Å². The lowest BCUT2D eigenvalue weighted by Crippen LogP contribution is -2.44. The van der Waals surface area contributed by atoms with Gasteiger partial charge in [0.1, 0.15) is 5.69 Å². The molecular weight excluding hydrogens is 284 g/mol. The van der Waals surface area contributed by atoms with Gasteiger partial charge in [0, 0.05) is 30.9 Å². The lowest BCUT2D eigenvalue weighted by molar-refractivity contribution is -0.751. The molecule has 0 spiro atoms. The summed E-state index contributed by atoms with van der Waals surface area (Å²) in [5.74, 6) is 4.24. The van der Waals surface area contributed by atoms with Crippen LogP contribution in [0.15, 0.2) is 18.5 Å². The number of hydrogen-bond donors (Lipinski definition) is 5. The summed E-state index contributed by atoms with van der Waals surface area (Å²) in [6.45, 7) is 1.22. The molecule has 22 heavy (non-hydrogen) atoms. The van der Waals surface area contributed by atoms with Crippen molar-refractivity contribution in [1.82, 2.24) is 21.0 Å². The summed E-state index contributed by atoms with van der Waals surface area (Å²) in [6, 6.07) is 1.93. The van der Waals surface area contributed by atoms with Gasteiger partial charge in [0.05, 0.1) is 5.56 Å². The highest BCUT2D eigenvalue weighted by Crippen LogP contribution is 2.32. The Labute approximate surface area is 127 Å². The number of nitrogens with one attached hydrogen (secondary N) is 3. The summed E-state index contributed by atoms with van der Waals surface area (Å²) >= 11 is 0. The number of aryl methyl sites for hydroxylation is 2. The SMILES string of the molecule is NNNCCC[n+]1[nH]c2c(c1C(=O)O)CCc1cnccc1-2. The molecule has 0 amide bonds. The lowest BCUT2D eigenvalue weighted by Gasteiger charge is -2.12. The van der Waals surface area contributed by atoms with Gasteiger partial charge in [0.25, 0.3) is 0 Å². The Hall–Kier alpha value is -2.29. The zero-order chi connectivity index (χ0) is 15.5. The molecule has 1 aliphatic rings. The van der Waals surface area contributed by atoms with E-state index in [1.807, 2.05) is 12.3 Å². The van der Waals surface area contributed by atoms with Gasteiger partial charge in [-0.2, -0.15) is 10.6 Å². The zero-order valence-corrected chi connectivity index (χ0v) is 12.1. The van der Waals surface area contributed by atoms with Crippen molar-refractivity contribution in [3.05, 3.63) is 35.3 Å². The minimum absolute atomic E-state index is 0.346. The van der Waals surface area contributed by atoms with E-state index < -0.39 is 5.97 Å². The second-order valence-corrected chi connectivity index (χ2v) is 5.23. The maximum Gasteiger partial charge on any atom is 0.404 e. The summed E-state index contributed by atoms with van der Waals surface area (Å²) < 4.78 is 1.71. The van der Waals surface area contributed by atoms with Crippen molar-refractivity contribution in [2.24, 2.45) is 5.84 Å². The Bertz CT molecular complexity index is 697. The average molecular weight is 303 g/mol. The second-order valence-electron chi connectivity index (χ2n) is 5.23. The predicted molar refractivity (Wildman–Crippen MR) is 78.5 cm³/mol. The van der Waals surface area contributed by atoms with Crippen molar-refractivity contribution in [3.63, 3.8) is 0 Å². The van der Waals surface area contributed by atoms with Crippen LogP contribution in [-0.2, 0) is 19.4 Å². The number of nitrogens with zero attached hydrogens (tertiary/aromatic N) is 2. The molecule has 2 heterocycles. The summed E-state index contributed by atoms with van der Waals surface area (Å²) in [6.07, 6.45) is 5.85. The average Bonchev–Trinajstić information content (AvgIpc) is 2.90. The minimum atomic E-state index is -0.903. The first-order valence-corrected chi connectivity index (χ1v) is 7.22. The van der Waals surface area contributed by atoms with E-state index in [-0.39, 0.29) is 0 Å². The Morgan fingerprint density at radius 1 is 1.50 bits per heavy atom. The monoisotopic (exact) mass is 303 g/mol. The third-order valence-corrected chi connectivity index (χ3v) is 3.91. The molecule has 8 heteroatoms. The number of aromatic carboxylic acids is 1. The third-order valence-electron chi connectivity index (χ3n) is 3.91. The van der Waals surface area contributed by atoms with E-state index >= 15 is 0 Å². The number of carbonyl (C=O) groups is 1. The maximum absolute atomic E-state index is 11.7. The van der Waals surface area contributed by atoms with Crippen LogP contribution in [0.3, 0.4) is 0 Å². The Balaban J connectivity index is 1.96. The van der Waals surface area contributed by atoms with Crippen molar-refractivity contribution >= 4 is 5.97 Å². The predicted octanol–water partition coefficient (Wildman–Crippen LogP) is -0.481. The number of aromatic amines is 1. The van der Waals surface area contributed by atoms with Gasteiger partial charge in [-0.25, -0.2) is 10.2 Å². The molecule has 0 saturated carbocycles. The van der Waals surface area contributed by atoms with Crippen LogP contribution in [0.5, 0.6) is 0 Å². The molecule has 2 aromatic rings. The number of nitrogens with two attached hydrogens (primary N) is 1. The molecule has 0 radical (unpaired) electrons. The molecule has 0 aromatic carbocycles. The number of H-pyrrole nitrogens is 1. The molecule has 116 valence electrons. The Morgan fingerprint density at radius 3 is 3.14 bits per heavy atom. The van der Waals surface area contributed by atoms with Crippen LogP contribution in [0, 0.1) is 0 Å².